The summed E-state index contributed by atoms with van der Waals surface area (Å²) in [5.74, 6) is -0.292. The fraction of sp³-hybridized carbons (Fsp3) is 0.889. The van der Waals surface area contributed by atoms with Crippen LogP contribution in [0, 0.1) is 0 Å². The molecule has 0 spiro atoms. The Morgan fingerprint density at radius 1 is 1.47 bits per heavy atom. The molecule has 1 fully saturated rings. The van der Waals surface area contributed by atoms with Gasteiger partial charge in [0.1, 0.15) is 0 Å². The van der Waals surface area contributed by atoms with Crippen molar-refractivity contribution in [2.45, 2.75) is 24.5 Å². The third-order valence-corrected chi connectivity index (χ3v) is 2.43. The van der Waals surface area contributed by atoms with Crippen LogP contribution in [0.25, 0.3) is 0 Å². The fourth-order valence-corrected chi connectivity index (χ4v) is 1.67. The Bertz CT molecular complexity index is 208. The van der Waals surface area contributed by atoms with E-state index in [4.69, 9.17) is 32.7 Å². The minimum absolute atomic E-state index is 0.292. The van der Waals surface area contributed by atoms with Crippen molar-refractivity contribution in [3.63, 3.8) is 0 Å². The van der Waals surface area contributed by atoms with Crippen LogP contribution in [0.15, 0.2) is 0 Å². The molecule has 0 N–H and O–H groups in total. The predicted molar refractivity (Wildman–Crippen MR) is 58.1 cm³/mol. The van der Waals surface area contributed by atoms with E-state index in [9.17, 15) is 4.79 Å². The summed E-state index contributed by atoms with van der Waals surface area (Å²) in [6.07, 6.45) is 0.506. The number of hydrogen-bond donors (Lipinski definition) is 0. The summed E-state index contributed by atoms with van der Waals surface area (Å²) in [5.41, 5.74) is 0. The Balaban J connectivity index is 2.45. The van der Waals surface area contributed by atoms with Gasteiger partial charge in [0, 0.05) is 6.54 Å². The number of nitrogens with zero attached hydrogens (tertiary/aromatic N) is 1. The molecule has 1 heterocycles. The van der Waals surface area contributed by atoms with E-state index in [1.165, 1.54) is 0 Å². The van der Waals surface area contributed by atoms with Gasteiger partial charge in [-0.05, 0) is 6.42 Å². The van der Waals surface area contributed by atoms with Crippen LogP contribution in [0.1, 0.15) is 13.3 Å². The SMILES string of the molecule is CCCN(CC1OCCO1)C(=O)C(Cl)Cl. The maximum Gasteiger partial charge on any atom is 0.256 e. The van der Waals surface area contributed by atoms with Crippen LogP contribution in [-0.2, 0) is 14.3 Å². The topological polar surface area (TPSA) is 38.8 Å². The van der Waals surface area contributed by atoms with Crippen molar-refractivity contribution in [2.75, 3.05) is 26.3 Å². The lowest BCUT2D eigenvalue weighted by Crippen LogP contribution is -2.41. The van der Waals surface area contributed by atoms with Crippen molar-refractivity contribution in [1.29, 1.82) is 0 Å². The van der Waals surface area contributed by atoms with Gasteiger partial charge in [0.05, 0.1) is 19.8 Å². The minimum atomic E-state index is -1.02. The number of hydrogen-bond acceptors (Lipinski definition) is 3. The van der Waals surface area contributed by atoms with Gasteiger partial charge in [-0.1, -0.05) is 30.1 Å². The first-order chi connectivity index (χ1) is 7.15. The molecule has 0 bridgehead atoms. The molecular weight excluding hydrogens is 241 g/mol. The molecule has 0 unspecified atom stereocenters. The molecule has 1 aliphatic heterocycles. The van der Waals surface area contributed by atoms with E-state index >= 15 is 0 Å². The van der Waals surface area contributed by atoms with Crippen molar-refractivity contribution < 1.29 is 14.3 Å². The van der Waals surface area contributed by atoms with Crippen molar-refractivity contribution >= 4 is 29.1 Å². The molecule has 6 heteroatoms. The van der Waals surface area contributed by atoms with E-state index in [0.717, 1.165) is 6.42 Å². The summed E-state index contributed by atoms with van der Waals surface area (Å²) in [7, 11) is 0. The van der Waals surface area contributed by atoms with Crippen molar-refractivity contribution in [3.8, 4) is 0 Å². The molecule has 4 nitrogen and oxygen atoms in total. The average Bonchev–Trinajstić information content (AvgIpc) is 2.68. The quantitative estimate of drug-likeness (QED) is 0.698. The fourth-order valence-electron chi connectivity index (χ4n) is 1.39. The minimum Gasteiger partial charge on any atom is -0.348 e. The number of ether oxygens (including phenoxy) is 2. The number of carbonyl (C=O) groups excluding carboxylic acids is 1. The van der Waals surface area contributed by atoms with Crippen LogP contribution in [0.2, 0.25) is 0 Å². The van der Waals surface area contributed by atoms with Crippen LogP contribution in [0.4, 0.5) is 0 Å². The predicted octanol–water partition coefficient (Wildman–Crippen LogP) is 1.40. The molecule has 0 radical (unpaired) electrons. The zero-order valence-electron chi connectivity index (χ0n) is 8.62. The van der Waals surface area contributed by atoms with E-state index in [0.29, 0.717) is 26.3 Å². The molecule has 1 rings (SSSR count). The number of carbonyl (C=O) groups is 1. The molecule has 0 aromatic rings. The van der Waals surface area contributed by atoms with Crippen LogP contribution in [0.5, 0.6) is 0 Å². The molecule has 88 valence electrons. The van der Waals surface area contributed by atoms with E-state index in [-0.39, 0.29) is 12.2 Å². The van der Waals surface area contributed by atoms with Crippen molar-refractivity contribution in [1.82, 2.24) is 4.90 Å². The Labute approximate surface area is 99.4 Å². The van der Waals surface area contributed by atoms with E-state index in [1.54, 1.807) is 4.90 Å². The lowest BCUT2D eigenvalue weighted by molar-refractivity contribution is -0.135. The van der Waals surface area contributed by atoms with E-state index < -0.39 is 4.84 Å². The van der Waals surface area contributed by atoms with Crippen LogP contribution in [0.3, 0.4) is 0 Å². The highest BCUT2D eigenvalue weighted by atomic mass is 35.5. The highest BCUT2D eigenvalue weighted by Crippen LogP contribution is 2.11. The Morgan fingerprint density at radius 3 is 2.53 bits per heavy atom. The number of alkyl halides is 2. The third-order valence-electron chi connectivity index (χ3n) is 2.05. The molecule has 0 saturated carbocycles. The maximum absolute atomic E-state index is 11.6. The Morgan fingerprint density at radius 2 is 2.07 bits per heavy atom. The summed E-state index contributed by atoms with van der Waals surface area (Å²) in [4.78, 5) is 12.1. The highest BCUT2D eigenvalue weighted by Gasteiger charge is 2.25. The van der Waals surface area contributed by atoms with Gasteiger partial charge in [-0.15, -0.1) is 0 Å². The van der Waals surface area contributed by atoms with Gasteiger partial charge < -0.3 is 14.4 Å². The summed E-state index contributed by atoms with van der Waals surface area (Å²) in [5, 5.41) is 0. The van der Waals surface area contributed by atoms with Crippen LogP contribution < -0.4 is 0 Å². The second-order valence-electron chi connectivity index (χ2n) is 3.26. The smallest absolute Gasteiger partial charge is 0.256 e. The monoisotopic (exact) mass is 255 g/mol. The Kier molecular flexibility index (Phi) is 5.68. The van der Waals surface area contributed by atoms with E-state index in [1.807, 2.05) is 6.92 Å². The van der Waals surface area contributed by atoms with Gasteiger partial charge in [-0.25, -0.2) is 0 Å². The first-order valence-corrected chi connectivity index (χ1v) is 5.82. The summed E-state index contributed by atoms with van der Waals surface area (Å²) < 4.78 is 10.5. The molecule has 0 atom stereocenters. The van der Waals surface area contributed by atoms with Gasteiger partial charge in [0.15, 0.2) is 11.1 Å². The first kappa shape index (κ1) is 13.0. The third kappa shape index (κ3) is 4.15. The van der Waals surface area contributed by atoms with Gasteiger partial charge in [0.2, 0.25) is 0 Å². The van der Waals surface area contributed by atoms with Crippen LogP contribution >= 0.6 is 23.2 Å². The zero-order valence-corrected chi connectivity index (χ0v) is 10.1. The van der Waals surface area contributed by atoms with Crippen LogP contribution in [-0.4, -0.2) is 48.2 Å². The summed E-state index contributed by atoms with van der Waals surface area (Å²) in [6.45, 7) is 4.13. The Hall–Kier alpha value is -0.0300. The standard InChI is InChI=1S/C9H15Cl2NO3/c1-2-3-12(9(13)8(10)11)6-7-14-4-5-15-7/h7-8H,2-6H2,1H3. The lowest BCUT2D eigenvalue weighted by Gasteiger charge is -2.24. The lowest BCUT2D eigenvalue weighted by atomic mass is 10.4. The number of halogens is 2. The maximum atomic E-state index is 11.6. The van der Waals surface area contributed by atoms with Crippen molar-refractivity contribution in [3.05, 3.63) is 0 Å². The number of amides is 1. The molecule has 1 aliphatic rings. The normalized spacial score (nSPS) is 17.3. The van der Waals surface area contributed by atoms with Crippen molar-refractivity contribution in [2.24, 2.45) is 0 Å². The van der Waals surface area contributed by atoms with Gasteiger partial charge in [-0.2, -0.15) is 0 Å². The summed E-state index contributed by atoms with van der Waals surface area (Å²) in [6, 6.07) is 0. The molecule has 1 saturated heterocycles. The van der Waals surface area contributed by atoms with E-state index in [2.05, 4.69) is 0 Å². The molecule has 0 aromatic carbocycles. The molecular formula is C9H15Cl2NO3. The second-order valence-corrected chi connectivity index (χ2v) is 4.35. The molecule has 1 amide bonds. The second kappa shape index (κ2) is 6.53. The molecule has 15 heavy (non-hydrogen) atoms. The molecule has 0 aliphatic carbocycles. The zero-order chi connectivity index (χ0) is 11.3. The molecule has 0 aromatic heterocycles. The summed E-state index contributed by atoms with van der Waals surface area (Å²) >= 11 is 11.1. The average molecular weight is 256 g/mol. The largest absolute Gasteiger partial charge is 0.348 e. The first-order valence-electron chi connectivity index (χ1n) is 4.95. The highest BCUT2D eigenvalue weighted by molar-refractivity contribution is 6.53. The number of rotatable bonds is 5. The van der Waals surface area contributed by atoms with Gasteiger partial charge >= 0.3 is 0 Å². The van der Waals surface area contributed by atoms with Gasteiger partial charge in [0.25, 0.3) is 5.91 Å². The van der Waals surface area contributed by atoms with Gasteiger partial charge in [-0.3, -0.25) is 4.79 Å².